The molecule has 0 radical (unpaired) electrons. The molecule has 0 saturated carbocycles. The molecule has 2 aromatic carbocycles. The number of aryl methyl sites for hydroxylation is 1. The van der Waals surface area contributed by atoms with Crippen molar-refractivity contribution in [2.45, 2.75) is 23.3 Å². The highest BCUT2D eigenvalue weighted by Crippen LogP contribution is 2.32. The Kier molecular flexibility index (Phi) is 4.26. The fraction of sp³-hybridized carbons (Fsp3) is 0.143. The second-order valence-electron chi connectivity index (χ2n) is 3.87. The molecule has 3 heteroatoms. The van der Waals surface area contributed by atoms with Crippen LogP contribution in [0.5, 0.6) is 0 Å². The van der Waals surface area contributed by atoms with E-state index in [2.05, 4.69) is 65.3 Å². The fourth-order valence-electron chi connectivity index (χ4n) is 1.61. The summed E-state index contributed by atoms with van der Waals surface area (Å²) < 4.78 is 1.08. The molecule has 0 atom stereocenters. The molecule has 0 amide bonds. The van der Waals surface area contributed by atoms with Gasteiger partial charge in [-0.15, -0.1) is 0 Å². The van der Waals surface area contributed by atoms with E-state index < -0.39 is 0 Å². The van der Waals surface area contributed by atoms with Crippen molar-refractivity contribution in [3.8, 4) is 0 Å². The predicted octanol–water partition coefficient (Wildman–Crippen LogP) is 4.37. The van der Waals surface area contributed by atoms with E-state index in [1.165, 1.54) is 20.9 Å². The third-order valence-electron chi connectivity index (χ3n) is 2.46. The number of nitrogens with two attached hydrogens (primary N) is 1. The molecule has 0 aliphatic heterocycles. The zero-order chi connectivity index (χ0) is 12.3. The normalized spacial score (nSPS) is 10.5. The van der Waals surface area contributed by atoms with Crippen molar-refractivity contribution in [3.05, 3.63) is 58.1 Å². The topological polar surface area (TPSA) is 26.0 Å². The minimum absolute atomic E-state index is 0.563. The minimum atomic E-state index is 0.563. The first-order valence-corrected chi connectivity index (χ1v) is 7.03. The van der Waals surface area contributed by atoms with E-state index in [0.29, 0.717) is 6.54 Å². The third-order valence-corrected chi connectivity index (χ3v) is 4.06. The first kappa shape index (κ1) is 12.7. The maximum absolute atomic E-state index is 5.77. The van der Waals surface area contributed by atoms with Gasteiger partial charge in [0.2, 0.25) is 0 Å². The summed E-state index contributed by atoms with van der Waals surface area (Å²) >= 11 is 5.23. The lowest BCUT2D eigenvalue weighted by Crippen LogP contribution is -1.98. The highest BCUT2D eigenvalue weighted by molar-refractivity contribution is 9.10. The lowest BCUT2D eigenvalue weighted by molar-refractivity contribution is 1.02. The summed E-state index contributed by atoms with van der Waals surface area (Å²) in [7, 11) is 0. The molecule has 0 unspecified atom stereocenters. The molecule has 2 N–H and O–H groups in total. The molecule has 0 heterocycles. The van der Waals surface area contributed by atoms with Gasteiger partial charge in [-0.25, -0.2) is 0 Å². The second kappa shape index (κ2) is 5.71. The van der Waals surface area contributed by atoms with E-state index in [1.807, 2.05) is 0 Å². The van der Waals surface area contributed by atoms with Crippen LogP contribution in [0, 0.1) is 6.92 Å². The van der Waals surface area contributed by atoms with Crippen LogP contribution in [0.3, 0.4) is 0 Å². The van der Waals surface area contributed by atoms with Crippen LogP contribution in [-0.4, -0.2) is 0 Å². The van der Waals surface area contributed by atoms with Crippen LogP contribution in [0.25, 0.3) is 0 Å². The van der Waals surface area contributed by atoms with Crippen molar-refractivity contribution in [3.63, 3.8) is 0 Å². The van der Waals surface area contributed by atoms with E-state index in [-0.39, 0.29) is 0 Å². The summed E-state index contributed by atoms with van der Waals surface area (Å²) in [5, 5.41) is 0. The standard InChI is InChI=1S/C14H14BrNS/c1-10-3-2-4-13(7-10)17-14-6-5-12(15)8-11(14)9-16/h2-8H,9,16H2,1H3. The van der Waals surface area contributed by atoms with E-state index in [0.717, 1.165) is 4.47 Å². The molecule has 2 rings (SSSR count). The minimum Gasteiger partial charge on any atom is -0.326 e. The molecule has 0 saturated heterocycles. The lowest BCUT2D eigenvalue weighted by atomic mass is 10.2. The summed E-state index contributed by atoms with van der Waals surface area (Å²) in [4.78, 5) is 2.48. The van der Waals surface area contributed by atoms with E-state index in [4.69, 9.17) is 5.73 Å². The van der Waals surface area contributed by atoms with Crippen molar-refractivity contribution >= 4 is 27.7 Å². The first-order chi connectivity index (χ1) is 8.19. The summed E-state index contributed by atoms with van der Waals surface area (Å²) in [5.41, 5.74) is 8.22. The quantitative estimate of drug-likeness (QED) is 0.911. The van der Waals surface area contributed by atoms with Crippen LogP contribution in [-0.2, 0) is 6.54 Å². The van der Waals surface area contributed by atoms with E-state index in [1.54, 1.807) is 11.8 Å². The van der Waals surface area contributed by atoms with E-state index >= 15 is 0 Å². The molecule has 17 heavy (non-hydrogen) atoms. The molecule has 0 fully saturated rings. The summed E-state index contributed by atoms with van der Waals surface area (Å²) in [6, 6.07) is 14.7. The Morgan fingerprint density at radius 3 is 2.71 bits per heavy atom. The smallest absolute Gasteiger partial charge is 0.0189 e. The van der Waals surface area contributed by atoms with Gasteiger partial charge < -0.3 is 5.73 Å². The zero-order valence-electron chi connectivity index (χ0n) is 9.61. The van der Waals surface area contributed by atoms with Gasteiger partial charge >= 0.3 is 0 Å². The number of rotatable bonds is 3. The van der Waals surface area contributed by atoms with Gasteiger partial charge in [-0.05, 0) is 42.8 Å². The third kappa shape index (κ3) is 3.35. The summed E-state index contributed by atoms with van der Waals surface area (Å²) in [5.74, 6) is 0. The monoisotopic (exact) mass is 307 g/mol. The molecule has 0 aromatic heterocycles. The van der Waals surface area contributed by atoms with Gasteiger partial charge in [0.05, 0.1) is 0 Å². The van der Waals surface area contributed by atoms with Gasteiger partial charge in [0.15, 0.2) is 0 Å². The van der Waals surface area contributed by atoms with Crippen LogP contribution >= 0.6 is 27.7 Å². The Morgan fingerprint density at radius 1 is 1.18 bits per heavy atom. The lowest BCUT2D eigenvalue weighted by Gasteiger charge is -2.08. The zero-order valence-corrected chi connectivity index (χ0v) is 12.0. The second-order valence-corrected chi connectivity index (χ2v) is 5.91. The van der Waals surface area contributed by atoms with Crippen molar-refractivity contribution in [1.82, 2.24) is 0 Å². The predicted molar refractivity (Wildman–Crippen MR) is 77.3 cm³/mol. The summed E-state index contributed by atoms with van der Waals surface area (Å²) in [6.07, 6.45) is 0. The Bertz CT molecular complexity index is 525. The highest BCUT2D eigenvalue weighted by atomic mass is 79.9. The number of hydrogen-bond donors (Lipinski definition) is 1. The molecule has 0 spiro atoms. The van der Waals surface area contributed by atoms with Crippen LogP contribution in [0.15, 0.2) is 56.7 Å². The van der Waals surface area contributed by atoms with Crippen LogP contribution in [0.2, 0.25) is 0 Å². The molecule has 2 aromatic rings. The van der Waals surface area contributed by atoms with Gasteiger partial charge in [-0.2, -0.15) is 0 Å². The largest absolute Gasteiger partial charge is 0.326 e. The molecule has 0 aliphatic rings. The molecular formula is C14H14BrNS. The van der Waals surface area contributed by atoms with Crippen molar-refractivity contribution in [2.75, 3.05) is 0 Å². The van der Waals surface area contributed by atoms with Gasteiger partial charge in [-0.3, -0.25) is 0 Å². The molecule has 1 nitrogen and oxygen atoms in total. The Labute approximate surface area is 115 Å². The van der Waals surface area contributed by atoms with Crippen LogP contribution < -0.4 is 5.73 Å². The fourth-order valence-corrected chi connectivity index (χ4v) is 3.08. The maximum atomic E-state index is 5.77. The Balaban J connectivity index is 2.29. The first-order valence-electron chi connectivity index (χ1n) is 5.42. The number of halogens is 1. The highest BCUT2D eigenvalue weighted by Gasteiger charge is 2.04. The average molecular weight is 308 g/mol. The maximum Gasteiger partial charge on any atom is 0.0189 e. The SMILES string of the molecule is Cc1cccc(Sc2ccc(Br)cc2CN)c1. The van der Waals surface area contributed by atoms with Crippen LogP contribution in [0.1, 0.15) is 11.1 Å². The van der Waals surface area contributed by atoms with Gasteiger partial charge in [0, 0.05) is 20.8 Å². The van der Waals surface area contributed by atoms with E-state index in [9.17, 15) is 0 Å². The van der Waals surface area contributed by atoms with Gasteiger partial charge in [0.1, 0.15) is 0 Å². The molecule has 88 valence electrons. The molecular weight excluding hydrogens is 294 g/mol. The van der Waals surface area contributed by atoms with Crippen molar-refractivity contribution in [2.24, 2.45) is 5.73 Å². The number of benzene rings is 2. The Morgan fingerprint density at radius 2 is 2.00 bits per heavy atom. The van der Waals surface area contributed by atoms with Crippen molar-refractivity contribution < 1.29 is 0 Å². The van der Waals surface area contributed by atoms with Crippen LogP contribution in [0.4, 0.5) is 0 Å². The average Bonchev–Trinajstić information content (AvgIpc) is 2.31. The Hall–Kier alpha value is -0.770. The molecule has 0 aliphatic carbocycles. The summed E-state index contributed by atoms with van der Waals surface area (Å²) in [6.45, 7) is 2.67. The number of hydrogen-bond acceptors (Lipinski definition) is 2. The van der Waals surface area contributed by atoms with Gasteiger partial charge in [-0.1, -0.05) is 45.4 Å². The van der Waals surface area contributed by atoms with Gasteiger partial charge in [0.25, 0.3) is 0 Å². The van der Waals surface area contributed by atoms with Crippen molar-refractivity contribution in [1.29, 1.82) is 0 Å². The molecule has 0 bridgehead atoms.